The first-order valence-electron chi connectivity index (χ1n) is 11.2. The fraction of sp³-hybridized carbons (Fsp3) is 0.360. The molecule has 0 aromatic heterocycles. The monoisotopic (exact) mass is 469 g/mol. The van der Waals surface area contributed by atoms with Gasteiger partial charge in [-0.2, -0.15) is 0 Å². The lowest BCUT2D eigenvalue weighted by molar-refractivity contribution is -0.140. The van der Waals surface area contributed by atoms with E-state index in [2.05, 4.69) is 10.6 Å². The molecule has 182 valence electrons. The first-order valence-corrected chi connectivity index (χ1v) is 11.2. The Morgan fingerprint density at radius 2 is 1.50 bits per heavy atom. The van der Waals surface area contributed by atoms with E-state index in [1.807, 2.05) is 13.0 Å². The summed E-state index contributed by atoms with van der Waals surface area (Å²) in [6.45, 7) is 2.43. The van der Waals surface area contributed by atoms with Crippen molar-refractivity contribution in [1.82, 2.24) is 16.1 Å². The first kappa shape index (κ1) is 26.5. The number of nitrogens with one attached hydrogen (secondary N) is 3. The maximum Gasteiger partial charge on any atom is 0.335 e. The van der Waals surface area contributed by atoms with Gasteiger partial charge in [0.25, 0.3) is 5.91 Å². The highest BCUT2D eigenvalue weighted by Crippen LogP contribution is 2.13. The molecule has 0 saturated carbocycles. The van der Waals surface area contributed by atoms with E-state index in [1.165, 1.54) is 12.1 Å². The fourth-order valence-electron chi connectivity index (χ4n) is 3.58. The summed E-state index contributed by atoms with van der Waals surface area (Å²) >= 11 is 0. The van der Waals surface area contributed by atoms with E-state index in [-0.39, 0.29) is 36.9 Å². The number of hydrogen-bond acceptors (Lipinski definition) is 5. The van der Waals surface area contributed by atoms with E-state index < -0.39 is 23.7 Å². The molecule has 0 fully saturated rings. The standard InChI is InChI=1S/C25H31N3O6/c1-2-6-19(22(29)27-16-18-9-11-20(12-10-18)25(32)33)13-14-26-23(30)21(24(31)28-34)15-17-7-4-3-5-8-17/h3-5,7-12,19,21,34H,2,6,13-16H2,1H3,(H,26,30)(H,27,29)(H,28,31)(H,32,33). The topological polar surface area (TPSA) is 145 Å². The summed E-state index contributed by atoms with van der Waals surface area (Å²) < 4.78 is 0. The van der Waals surface area contributed by atoms with E-state index in [9.17, 15) is 19.2 Å². The van der Waals surface area contributed by atoms with Crippen molar-refractivity contribution in [3.63, 3.8) is 0 Å². The van der Waals surface area contributed by atoms with Crippen LogP contribution in [0.3, 0.4) is 0 Å². The Bertz CT molecular complexity index is 962. The summed E-state index contributed by atoms with van der Waals surface area (Å²) in [7, 11) is 0. The van der Waals surface area contributed by atoms with Gasteiger partial charge in [-0.05, 0) is 42.5 Å². The number of carboxylic acid groups (broad SMARTS) is 1. The molecule has 5 N–H and O–H groups in total. The number of carbonyl (C=O) groups excluding carboxylic acids is 3. The summed E-state index contributed by atoms with van der Waals surface area (Å²) in [6.07, 6.45) is 1.94. The highest BCUT2D eigenvalue weighted by molar-refractivity contribution is 6.00. The van der Waals surface area contributed by atoms with Gasteiger partial charge in [0, 0.05) is 19.0 Å². The minimum Gasteiger partial charge on any atom is -0.478 e. The molecule has 0 spiro atoms. The molecule has 0 radical (unpaired) electrons. The zero-order chi connectivity index (χ0) is 24.9. The Morgan fingerprint density at radius 1 is 0.824 bits per heavy atom. The van der Waals surface area contributed by atoms with Gasteiger partial charge in [-0.25, -0.2) is 10.3 Å². The zero-order valence-corrected chi connectivity index (χ0v) is 19.1. The van der Waals surface area contributed by atoms with Crippen LogP contribution in [-0.2, 0) is 27.3 Å². The summed E-state index contributed by atoms with van der Waals surface area (Å²) in [5.41, 5.74) is 3.29. The number of hydrogen-bond donors (Lipinski definition) is 5. The molecule has 2 aromatic rings. The van der Waals surface area contributed by atoms with Crippen LogP contribution >= 0.6 is 0 Å². The Morgan fingerprint density at radius 3 is 2.09 bits per heavy atom. The number of aromatic carboxylic acids is 1. The second-order valence-corrected chi connectivity index (χ2v) is 8.00. The molecule has 2 atom stereocenters. The molecule has 34 heavy (non-hydrogen) atoms. The van der Waals surface area contributed by atoms with Crippen LogP contribution in [0.1, 0.15) is 47.7 Å². The Kier molecular flexibility index (Phi) is 10.7. The number of amides is 3. The highest BCUT2D eigenvalue weighted by atomic mass is 16.5. The van der Waals surface area contributed by atoms with Crippen LogP contribution in [0.25, 0.3) is 0 Å². The molecule has 0 saturated heterocycles. The smallest absolute Gasteiger partial charge is 0.335 e. The SMILES string of the molecule is CCCC(CCNC(=O)C(Cc1ccccc1)C(=O)NO)C(=O)NCc1ccc(C(=O)O)cc1. The molecule has 9 heteroatoms. The molecule has 0 aliphatic carbocycles. The molecular weight excluding hydrogens is 438 g/mol. The number of carboxylic acids is 1. The van der Waals surface area contributed by atoms with Crippen molar-refractivity contribution in [3.8, 4) is 0 Å². The first-order chi connectivity index (χ1) is 16.3. The molecule has 0 heterocycles. The van der Waals surface area contributed by atoms with Crippen molar-refractivity contribution in [2.75, 3.05) is 6.54 Å². The van der Waals surface area contributed by atoms with Gasteiger partial charge in [-0.15, -0.1) is 0 Å². The lowest BCUT2D eigenvalue weighted by atomic mass is 9.96. The summed E-state index contributed by atoms with van der Waals surface area (Å²) in [5.74, 6) is -3.92. The van der Waals surface area contributed by atoms with Crippen molar-refractivity contribution in [2.45, 2.75) is 39.2 Å². The molecule has 2 rings (SSSR count). The maximum absolute atomic E-state index is 12.7. The van der Waals surface area contributed by atoms with Crippen LogP contribution in [0, 0.1) is 11.8 Å². The largest absolute Gasteiger partial charge is 0.478 e. The Balaban J connectivity index is 1.88. The minimum atomic E-state index is -1.10. The second-order valence-electron chi connectivity index (χ2n) is 8.00. The van der Waals surface area contributed by atoms with Crippen LogP contribution in [0.2, 0.25) is 0 Å². The molecule has 2 unspecified atom stereocenters. The molecular formula is C25H31N3O6. The van der Waals surface area contributed by atoms with E-state index >= 15 is 0 Å². The van der Waals surface area contributed by atoms with Crippen LogP contribution in [0.15, 0.2) is 54.6 Å². The van der Waals surface area contributed by atoms with E-state index in [0.29, 0.717) is 12.8 Å². The highest BCUT2D eigenvalue weighted by Gasteiger charge is 2.27. The molecule has 9 nitrogen and oxygen atoms in total. The van der Waals surface area contributed by atoms with Gasteiger partial charge in [0.2, 0.25) is 11.8 Å². The number of rotatable bonds is 13. The third-order valence-corrected chi connectivity index (χ3v) is 5.49. The molecule has 0 bridgehead atoms. The quantitative estimate of drug-likeness (QED) is 0.173. The zero-order valence-electron chi connectivity index (χ0n) is 19.1. The Labute approximate surface area is 198 Å². The lowest BCUT2D eigenvalue weighted by Crippen LogP contribution is -2.42. The predicted octanol–water partition coefficient (Wildman–Crippen LogP) is 2.29. The Hall–Kier alpha value is -3.72. The predicted molar refractivity (Wildman–Crippen MR) is 125 cm³/mol. The van der Waals surface area contributed by atoms with Gasteiger partial charge >= 0.3 is 5.97 Å². The van der Waals surface area contributed by atoms with Crippen molar-refractivity contribution in [2.24, 2.45) is 11.8 Å². The van der Waals surface area contributed by atoms with Crippen LogP contribution in [0.4, 0.5) is 0 Å². The third-order valence-electron chi connectivity index (χ3n) is 5.49. The average Bonchev–Trinajstić information content (AvgIpc) is 2.85. The lowest BCUT2D eigenvalue weighted by Gasteiger charge is -2.18. The molecule has 0 aliphatic heterocycles. The van der Waals surface area contributed by atoms with Gasteiger partial charge < -0.3 is 15.7 Å². The van der Waals surface area contributed by atoms with E-state index in [1.54, 1.807) is 41.9 Å². The number of hydroxylamine groups is 1. The van der Waals surface area contributed by atoms with Gasteiger partial charge in [-0.1, -0.05) is 55.8 Å². The maximum atomic E-state index is 12.7. The van der Waals surface area contributed by atoms with Gasteiger partial charge in [0.05, 0.1) is 5.56 Å². The third kappa shape index (κ3) is 8.32. The van der Waals surface area contributed by atoms with Gasteiger partial charge in [0.1, 0.15) is 5.92 Å². The van der Waals surface area contributed by atoms with Gasteiger partial charge in [0.15, 0.2) is 0 Å². The fourth-order valence-corrected chi connectivity index (χ4v) is 3.58. The average molecular weight is 470 g/mol. The molecule has 3 amide bonds. The van der Waals surface area contributed by atoms with Gasteiger partial charge in [-0.3, -0.25) is 19.6 Å². The summed E-state index contributed by atoms with van der Waals surface area (Å²) in [6, 6.07) is 15.3. The van der Waals surface area contributed by atoms with Crippen molar-refractivity contribution in [1.29, 1.82) is 0 Å². The summed E-state index contributed by atoms with van der Waals surface area (Å²) in [4.78, 5) is 48.3. The number of benzene rings is 2. The number of carbonyl (C=O) groups is 4. The molecule has 0 aliphatic rings. The van der Waals surface area contributed by atoms with E-state index in [0.717, 1.165) is 17.5 Å². The summed E-state index contributed by atoms with van der Waals surface area (Å²) in [5, 5.41) is 23.6. The minimum absolute atomic E-state index is 0.138. The van der Waals surface area contributed by atoms with E-state index in [4.69, 9.17) is 10.3 Å². The van der Waals surface area contributed by atoms with Crippen molar-refractivity contribution >= 4 is 23.7 Å². The van der Waals surface area contributed by atoms with Crippen molar-refractivity contribution < 1.29 is 29.5 Å². The normalized spacial score (nSPS) is 12.3. The molecule has 2 aromatic carbocycles. The van der Waals surface area contributed by atoms with Crippen LogP contribution < -0.4 is 16.1 Å². The second kappa shape index (κ2) is 13.7. The van der Waals surface area contributed by atoms with Crippen LogP contribution in [0.5, 0.6) is 0 Å². The van der Waals surface area contributed by atoms with Crippen molar-refractivity contribution in [3.05, 3.63) is 71.3 Å². The van der Waals surface area contributed by atoms with Crippen LogP contribution in [-0.4, -0.2) is 40.5 Å².